The molecule has 0 spiro atoms. The zero-order valence-corrected chi connectivity index (χ0v) is 13.6. The van der Waals surface area contributed by atoms with Gasteiger partial charge in [0.25, 0.3) is 0 Å². The maximum absolute atomic E-state index is 12.9. The summed E-state index contributed by atoms with van der Waals surface area (Å²) in [5.41, 5.74) is 2.21. The summed E-state index contributed by atoms with van der Waals surface area (Å²) in [5.74, 6) is -0.689. The third-order valence-corrected chi connectivity index (χ3v) is 3.61. The van der Waals surface area contributed by atoms with Gasteiger partial charge in [-0.25, -0.2) is 12.8 Å². The molecule has 0 fully saturated rings. The molecule has 0 aromatic heterocycles. The number of halogens is 1. The third-order valence-electron chi connectivity index (χ3n) is 3.02. The van der Waals surface area contributed by atoms with Crippen molar-refractivity contribution in [3.05, 3.63) is 59.4 Å². The van der Waals surface area contributed by atoms with Gasteiger partial charge in [0.05, 0.1) is 24.1 Å². The average Bonchev–Trinajstić information content (AvgIpc) is 2.43. The number of amides is 1. The Morgan fingerprint density at radius 2 is 1.74 bits per heavy atom. The Morgan fingerprint density at radius 1 is 1.09 bits per heavy atom. The third kappa shape index (κ3) is 5.37. The van der Waals surface area contributed by atoms with Gasteiger partial charge in [-0.2, -0.15) is 0 Å². The molecule has 0 saturated heterocycles. The molecule has 0 aliphatic heterocycles. The monoisotopic (exact) mass is 336 g/mol. The van der Waals surface area contributed by atoms with Crippen LogP contribution in [0.5, 0.6) is 0 Å². The molecule has 0 atom stereocenters. The molecule has 7 heteroatoms. The smallest absolute Gasteiger partial charge is 0.229 e. The van der Waals surface area contributed by atoms with Crippen LogP contribution < -0.4 is 10.0 Å². The van der Waals surface area contributed by atoms with E-state index in [2.05, 4.69) is 10.0 Å². The molecule has 5 nitrogen and oxygen atoms in total. The van der Waals surface area contributed by atoms with E-state index in [9.17, 15) is 17.6 Å². The van der Waals surface area contributed by atoms with Gasteiger partial charge < -0.3 is 5.32 Å². The predicted molar refractivity (Wildman–Crippen MR) is 88.4 cm³/mol. The van der Waals surface area contributed by atoms with Gasteiger partial charge in [-0.05, 0) is 42.3 Å². The van der Waals surface area contributed by atoms with Crippen LogP contribution in [0.3, 0.4) is 0 Å². The molecule has 2 rings (SSSR count). The first-order valence-corrected chi connectivity index (χ1v) is 8.75. The normalized spacial score (nSPS) is 11.1. The minimum Gasteiger partial charge on any atom is -0.324 e. The number of hydrogen-bond donors (Lipinski definition) is 2. The molecule has 0 bridgehead atoms. The van der Waals surface area contributed by atoms with Crippen LogP contribution in [0.15, 0.2) is 42.5 Å². The predicted octanol–water partition coefficient (Wildman–Crippen LogP) is 2.69. The lowest BCUT2D eigenvalue weighted by atomic mass is 10.1. The Bertz CT molecular complexity index is 818. The molecule has 0 heterocycles. The van der Waals surface area contributed by atoms with Crippen molar-refractivity contribution in [3.63, 3.8) is 0 Å². The second-order valence-electron chi connectivity index (χ2n) is 5.27. The molecular weight excluding hydrogens is 319 g/mol. The summed E-state index contributed by atoms with van der Waals surface area (Å²) in [6.45, 7) is 1.83. The number of anilines is 2. The van der Waals surface area contributed by atoms with E-state index in [4.69, 9.17) is 0 Å². The fourth-order valence-corrected chi connectivity index (χ4v) is 2.61. The molecule has 0 saturated carbocycles. The number of carbonyl (C=O) groups excluding carboxylic acids is 1. The van der Waals surface area contributed by atoms with Crippen LogP contribution in [-0.4, -0.2) is 20.6 Å². The number of aryl methyl sites for hydroxylation is 1. The molecule has 2 N–H and O–H groups in total. The molecule has 0 aliphatic rings. The highest BCUT2D eigenvalue weighted by Gasteiger charge is 2.11. The second-order valence-corrected chi connectivity index (χ2v) is 7.02. The summed E-state index contributed by atoms with van der Waals surface area (Å²) >= 11 is 0. The van der Waals surface area contributed by atoms with Crippen LogP contribution in [-0.2, 0) is 21.2 Å². The topological polar surface area (TPSA) is 75.3 Å². The van der Waals surface area contributed by atoms with E-state index < -0.39 is 10.0 Å². The highest BCUT2D eigenvalue weighted by Crippen LogP contribution is 2.24. The van der Waals surface area contributed by atoms with Crippen LogP contribution in [0.2, 0.25) is 0 Å². The van der Waals surface area contributed by atoms with E-state index in [1.165, 1.54) is 24.3 Å². The van der Waals surface area contributed by atoms with Crippen molar-refractivity contribution >= 4 is 27.3 Å². The lowest BCUT2D eigenvalue weighted by Crippen LogP contribution is -2.17. The zero-order valence-electron chi connectivity index (χ0n) is 12.8. The fraction of sp³-hybridized carbons (Fsp3) is 0.188. The van der Waals surface area contributed by atoms with E-state index >= 15 is 0 Å². The van der Waals surface area contributed by atoms with Gasteiger partial charge in [-0.1, -0.05) is 18.2 Å². The lowest BCUT2D eigenvalue weighted by molar-refractivity contribution is -0.115. The van der Waals surface area contributed by atoms with Crippen molar-refractivity contribution in [2.45, 2.75) is 13.3 Å². The Hall–Kier alpha value is -2.41. The Kier molecular flexibility index (Phi) is 5.00. The summed E-state index contributed by atoms with van der Waals surface area (Å²) in [5, 5.41) is 2.68. The molecular formula is C16H17FN2O3S. The van der Waals surface area contributed by atoms with Gasteiger partial charge in [0.15, 0.2) is 0 Å². The minimum atomic E-state index is -3.45. The SMILES string of the molecule is Cc1ccc(NS(C)(=O)=O)c(NC(=O)Cc2ccc(F)cc2)c1. The Morgan fingerprint density at radius 3 is 2.35 bits per heavy atom. The lowest BCUT2D eigenvalue weighted by Gasteiger charge is -2.13. The second kappa shape index (κ2) is 6.78. The molecule has 0 radical (unpaired) electrons. The number of carbonyl (C=O) groups is 1. The van der Waals surface area contributed by atoms with E-state index in [0.29, 0.717) is 16.9 Å². The van der Waals surface area contributed by atoms with E-state index in [0.717, 1.165) is 11.8 Å². The van der Waals surface area contributed by atoms with Crippen molar-refractivity contribution in [1.82, 2.24) is 0 Å². The molecule has 122 valence electrons. The summed E-state index contributed by atoms with van der Waals surface area (Å²) < 4.78 is 38.0. The Balaban J connectivity index is 2.16. The number of nitrogens with one attached hydrogen (secondary N) is 2. The zero-order chi connectivity index (χ0) is 17.0. The highest BCUT2D eigenvalue weighted by atomic mass is 32.2. The average molecular weight is 336 g/mol. The molecule has 0 unspecified atom stereocenters. The number of benzene rings is 2. The van der Waals surface area contributed by atoms with Gasteiger partial charge in [0, 0.05) is 0 Å². The van der Waals surface area contributed by atoms with Gasteiger partial charge in [-0.15, -0.1) is 0 Å². The maximum atomic E-state index is 12.9. The Labute approximate surface area is 134 Å². The van der Waals surface area contributed by atoms with Crippen molar-refractivity contribution < 1.29 is 17.6 Å². The first-order valence-electron chi connectivity index (χ1n) is 6.86. The van der Waals surface area contributed by atoms with Crippen LogP contribution in [0.1, 0.15) is 11.1 Å². The van der Waals surface area contributed by atoms with Gasteiger partial charge in [-0.3, -0.25) is 9.52 Å². The van der Waals surface area contributed by atoms with Crippen molar-refractivity contribution in [2.75, 3.05) is 16.3 Å². The fourth-order valence-electron chi connectivity index (χ4n) is 2.03. The quantitative estimate of drug-likeness (QED) is 0.881. The van der Waals surface area contributed by atoms with Crippen LogP contribution >= 0.6 is 0 Å². The first kappa shape index (κ1) is 17.0. The van der Waals surface area contributed by atoms with Gasteiger partial charge >= 0.3 is 0 Å². The minimum absolute atomic E-state index is 0.0620. The summed E-state index contributed by atoms with van der Waals surface area (Å²) in [6, 6.07) is 10.6. The van der Waals surface area contributed by atoms with Gasteiger partial charge in [0.1, 0.15) is 5.82 Å². The number of hydrogen-bond acceptors (Lipinski definition) is 3. The van der Waals surface area contributed by atoms with E-state index in [-0.39, 0.29) is 18.1 Å². The van der Waals surface area contributed by atoms with Crippen molar-refractivity contribution in [1.29, 1.82) is 0 Å². The molecule has 1 amide bonds. The van der Waals surface area contributed by atoms with Crippen LogP contribution in [0.25, 0.3) is 0 Å². The van der Waals surface area contributed by atoms with E-state index in [1.54, 1.807) is 18.2 Å². The summed E-state index contributed by atoms with van der Waals surface area (Å²) in [6.07, 6.45) is 1.10. The summed E-state index contributed by atoms with van der Waals surface area (Å²) in [7, 11) is -3.45. The van der Waals surface area contributed by atoms with E-state index in [1.807, 2.05) is 6.92 Å². The molecule has 2 aromatic rings. The molecule has 2 aromatic carbocycles. The first-order chi connectivity index (χ1) is 10.7. The number of sulfonamides is 1. The maximum Gasteiger partial charge on any atom is 0.229 e. The standard InChI is InChI=1S/C16H17FN2O3S/c1-11-3-8-14(19-23(2,21)22)15(9-11)18-16(20)10-12-4-6-13(17)7-5-12/h3-9,19H,10H2,1-2H3,(H,18,20). The number of rotatable bonds is 5. The van der Waals surface area contributed by atoms with Crippen molar-refractivity contribution in [3.8, 4) is 0 Å². The summed E-state index contributed by atoms with van der Waals surface area (Å²) in [4.78, 5) is 12.1. The van der Waals surface area contributed by atoms with Crippen LogP contribution in [0, 0.1) is 12.7 Å². The van der Waals surface area contributed by atoms with Crippen LogP contribution in [0.4, 0.5) is 15.8 Å². The van der Waals surface area contributed by atoms with Crippen molar-refractivity contribution in [2.24, 2.45) is 0 Å². The van der Waals surface area contributed by atoms with Gasteiger partial charge in [0.2, 0.25) is 15.9 Å². The molecule has 23 heavy (non-hydrogen) atoms. The highest BCUT2D eigenvalue weighted by molar-refractivity contribution is 7.92. The largest absolute Gasteiger partial charge is 0.324 e. The molecule has 0 aliphatic carbocycles.